The number of aliphatic hydroxyl groups excluding tert-OH is 1. The first kappa shape index (κ1) is 101. The van der Waals surface area contributed by atoms with Gasteiger partial charge >= 0.3 is 39.5 Å². The number of phosphoric ester groups is 2. The Morgan fingerprint density at radius 3 is 0.689 bits per heavy atom. The van der Waals surface area contributed by atoms with Gasteiger partial charge in [0.2, 0.25) is 0 Å². The minimum atomic E-state index is -4.97. The molecule has 19 heteroatoms. The predicted octanol–water partition coefficient (Wildman–Crippen LogP) is 25.2. The molecule has 0 radical (unpaired) electrons. The quantitative estimate of drug-likeness (QED) is 0.0222. The van der Waals surface area contributed by atoms with Gasteiger partial charge in [-0.2, -0.15) is 0 Å². The molecule has 17 nitrogen and oxygen atoms in total. The van der Waals surface area contributed by atoms with Crippen molar-refractivity contribution in [3.05, 3.63) is 0 Å². The van der Waals surface area contributed by atoms with E-state index < -0.39 is 97.5 Å². The fraction of sp³-hybridized carbons (Fsp3) is 0.952. The Balaban J connectivity index is 5.27. The lowest BCUT2D eigenvalue weighted by atomic mass is 9.99. The van der Waals surface area contributed by atoms with E-state index >= 15 is 0 Å². The van der Waals surface area contributed by atoms with Gasteiger partial charge in [-0.25, -0.2) is 9.13 Å². The van der Waals surface area contributed by atoms with Crippen molar-refractivity contribution in [3.63, 3.8) is 0 Å². The van der Waals surface area contributed by atoms with E-state index in [1.807, 2.05) is 0 Å². The molecule has 103 heavy (non-hydrogen) atoms. The summed E-state index contributed by atoms with van der Waals surface area (Å²) in [7, 11) is -9.93. The van der Waals surface area contributed by atoms with E-state index in [1.54, 1.807) is 0 Å². The van der Waals surface area contributed by atoms with Crippen molar-refractivity contribution in [2.24, 2.45) is 23.7 Å². The third kappa shape index (κ3) is 76.6. The van der Waals surface area contributed by atoms with E-state index in [-0.39, 0.29) is 25.7 Å². The smallest absolute Gasteiger partial charge is 0.462 e. The molecule has 0 amide bonds. The van der Waals surface area contributed by atoms with Crippen LogP contribution in [-0.2, 0) is 65.4 Å². The maximum atomic E-state index is 13.1. The number of carbonyl (C=O) groups is 4. The Hall–Kier alpha value is -1.94. The normalized spacial score (nSPS) is 14.2. The molecule has 0 saturated carbocycles. The Bertz CT molecular complexity index is 2010. The van der Waals surface area contributed by atoms with E-state index in [2.05, 4.69) is 55.4 Å². The Labute approximate surface area is 632 Å². The Morgan fingerprint density at radius 1 is 0.272 bits per heavy atom. The van der Waals surface area contributed by atoms with Crippen LogP contribution in [0.2, 0.25) is 0 Å². The zero-order valence-electron chi connectivity index (χ0n) is 68.0. The van der Waals surface area contributed by atoms with Crippen molar-refractivity contribution in [1.82, 2.24) is 0 Å². The molecule has 0 aliphatic carbocycles. The second-order valence-electron chi connectivity index (χ2n) is 31.9. The van der Waals surface area contributed by atoms with Gasteiger partial charge in [0.25, 0.3) is 0 Å². The maximum Gasteiger partial charge on any atom is 0.472 e. The van der Waals surface area contributed by atoms with Crippen molar-refractivity contribution in [1.29, 1.82) is 0 Å². The van der Waals surface area contributed by atoms with Gasteiger partial charge in [0.1, 0.15) is 19.3 Å². The number of unbranched alkanes of at least 4 members (excludes halogenated alkanes) is 46. The van der Waals surface area contributed by atoms with Crippen LogP contribution in [0.15, 0.2) is 0 Å². The zero-order valence-corrected chi connectivity index (χ0v) is 69.7. The highest BCUT2D eigenvalue weighted by molar-refractivity contribution is 7.47. The molecule has 0 aliphatic heterocycles. The summed E-state index contributed by atoms with van der Waals surface area (Å²) < 4.78 is 68.9. The highest BCUT2D eigenvalue weighted by Crippen LogP contribution is 2.45. The van der Waals surface area contributed by atoms with E-state index in [9.17, 15) is 43.2 Å². The molecule has 6 atom stereocenters. The predicted molar refractivity (Wildman–Crippen MR) is 423 cm³/mol. The van der Waals surface area contributed by atoms with Crippen molar-refractivity contribution in [2.45, 2.75) is 453 Å². The van der Waals surface area contributed by atoms with Crippen molar-refractivity contribution < 1.29 is 80.2 Å². The molecule has 0 aliphatic rings. The summed E-state index contributed by atoms with van der Waals surface area (Å²) in [6.07, 6.45) is 60.9. The van der Waals surface area contributed by atoms with Crippen LogP contribution in [0.5, 0.6) is 0 Å². The fourth-order valence-corrected chi connectivity index (χ4v) is 14.5. The van der Waals surface area contributed by atoms with Gasteiger partial charge in [0.05, 0.1) is 26.4 Å². The molecule has 0 spiro atoms. The zero-order chi connectivity index (χ0) is 76.0. The summed E-state index contributed by atoms with van der Waals surface area (Å²) in [5, 5.41) is 10.7. The molecule has 0 fully saturated rings. The van der Waals surface area contributed by atoms with Crippen LogP contribution in [0.25, 0.3) is 0 Å². The third-order valence-electron chi connectivity index (χ3n) is 19.9. The monoisotopic (exact) mass is 1510 g/mol. The number of phosphoric acid groups is 2. The average Bonchev–Trinajstić information content (AvgIpc) is 0.907. The number of esters is 4. The highest BCUT2D eigenvalue weighted by atomic mass is 31.2. The van der Waals surface area contributed by atoms with Gasteiger partial charge in [-0.15, -0.1) is 0 Å². The number of aliphatic hydroxyl groups is 1. The van der Waals surface area contributed by atoms with Crippen molar-refractivity contribution in [2.75, 3.05) is 39.6 Å². The van der Waals surface area contributed by atoms with Gasteiger partial charge in [0.15, 0.2) is 12.2 Å². The van der Waals surface area contributed by atoms with Crippen LogP contribution in [0.4, 0.5) is 0 Å². The largest absolute Gasteiger partial charge is 0.472 e. The van der Waals surface area contributed by atoms with Crippen LogP contribution >= 0.6 is 15.6 Å². The first-order valence-corrected chi connectivity index (χ1v) is 46.2. The number of carbonyl (C=O) groups excluding carboxylic acids is 4. The lowest BCUT2D eigenvalue weighted by molar-refractivity contribution is -0.161. The summed E-state index contributed by atoms with van der Waals surface area (Å²) in [6.45, 7) is 14.3. The minimum Gasteiger partial charge on any atom is -0.462 e. The number of ether oxygens (including phenoxy) is 4. The van der Waals surface area contributed by atoms with E-state index in [0.29, 0.717) is 25.7 Å². The number of hydrogen-bond donors (Lipinski definition) is 3. The Kier molecular flexibility index (Phi) is 71.5. The summed E-state index contributed by atoms with van der Waals surface area (Å²) in [5.41, 5.74) is 0. The fourth-order valence-electron chi connectivity index (χ4n) is 12.9. The second kappa shape index (κ2) is 72.9. The topological polar surface area (TPSA) is 237 Å². The lowest BCUT2D eigenvalue weighted by Gasteiger charge is -2.21. The second-order valence-corrected chi connectivity index (χ2v) is 34.8. The molecular formula is C84H164O17P2. The molecule has 0 saturated heterocycles. The van der Waals surface area contributed by atoms with Crippen LogP contribution in [0, 0.1) is 23.7 Å². The molecule has 0 aromatic heterocycles. The molecule has 0 aromatic rings. The molecule has 3 N–H and O–H groups in total. The van der Waals surface area contributed by atoms with E-state index in [0.717, 1.165) is 114 Å². The standard InChI is InChI=1S/C84H164O17P2/c1-9-77(8)63-55-47-39-31-25-27-35-43-51-59-67-84(89)101-80(71-95-82(87)65-57-49-41-33-26-24-30-38-46-54-62-76(6)7)73-99-103(92,93)97-69-78(85)68-96-102(90,91)98-72-79(100-83(88)66-58-50-42-34-23-19-15-11-13-17-21-29-37-45-53-61-75(4)5)70-94-81(86)64-56-48-40-32-22-18-14-10-12-16-20-28-36-44-52-60-74(2)3/h74-80,85H,9-73H2,1-8H3,(H,90,91)(H,92,93)/t77?,78-,79-,80-/m1/s1. The molecule has 0 aromatic carbocycles. The van der Waals surface area contributed by atoms with E-state index in [4.69, 9.17) is 37.0 Å². The molecule has 612 valence electrons. The molecule has 0 heterocycles. The van der Waals surface area contributed by atoms with Crippen molar-refractivity contribution in [3.8, 4) is 0 Å². The summed E-state index contributed by atoms with van der Waals surface area (Å²) in [5.74, 6) is 1.06. The van der Waals surface area contributed by atoms with Gasteiger partial charge in [-0.05, 0) is 49.4 Å². The lowest BCUT2D eigenvalue weighted by Crippen LogP contribution is -2.30. The summed E-state index contributed by atoms with van der Waals surface area (Å²) in [4.78, 5) is 73.2. The maximum absolute atomic E-state index is 13.1. The van der Waals surface area contributed by atoms with Crippen LogP contribution in [-0.4, -0.2) is 96.7 Å². The minimum absolute atomic E-state index is 0.106. The van der Waals surface area contributed by atoms with Gasteiger partial charge < -0.3 is 33.8 Å². The van der Waals surface area contributed by atoms with Crippen LogP contribution in [0.1, 0.15) is 434 Å². The summed E-state index contributed by atoms with van der Waals surface area (Å²) >= 11 is 0. The molecule has 0 bridgehead atoms. The van der Waals surface area contributed by atoms with Gasteiger partial charge in [-0.1, -0.05) is 383 Å². The SMILES string of the molecule is CCC(C)CCCCCCCCCCCCC(=O)O[C@H](COC(=O)CCCCCCCCCCCCC(C)C)COP(=O)(O)OC[C@H](O)COP(=O)(O)OC[C@@H](COC(=O)CCCCCCCCCCCCCCCCCC(C)C)OC(=O)CCCCCCCCCCCCCCCCCC(C)C. The highest BCUT2D eigenvalue weighted by Gasteiger charge is 2.30. The average molecular weight is 1510 g/mol. The van der Waals surface area contributed by atoms with E-state index in [1.165, 1.54) is 238 Å². The third-order valence-corrected chi connectivity index (χ3v) is 21.8. The van der Waals surface area contributed by atoms with Crippen LogP contribution < -0.4 is 0 Å². The first-order chi connectivity index (χ1) is 49.6. The van der Waals surface area contributed by atoms with Gasteiger partial charge in [-0.3, -0.25) is 37.3 Å². The molecule has 3 unspecified atom stereocenters. The first-order valence-electron chi connectivity index (χ1n) is 43.2. The van der Waals surface area contributed by atoms with Crippen LogP contribution in [0.3, 0.4) is 0 Å². The summed E-state index contributed by atoms with van der Waals surface area (Å²) in [6, 6.07) is 0. The molecule has 0 rings (SSSR count). The number of rotatable bonds is 81. The number of hydrogen-bond acceptors (Lipinski definition) is 15. The molecular weight excluding hydrogens is 1340 g/mol. The Morgan fingerprint density at radius 2 is 0.466 bits per heavy atom. The van der Waals surface area contributed by atoms with Crippen molar-refractivity contribution >= 4 is 39.5 Å². The van der Waals surface area contributed by atoms with Gasteiger partial charge in [0, 0.05) is 25.7 Å².